The van der Waals surface area contributed by atoms with Crippen LogP contribution in [0.4, 0.5) is 11.6 Å². The average molecular weight is 383 g/mol. The van der Waals surface area contributed by atoms with Gasteiger partial charge in [0.25, 0.3) is 5.91 Å². The van der Waals surface area contributed by atoms with E-state index in [0.717, 1.165) is 51.3 Å². The molecule has 0 saturated carbocycles. The van der Waals surface area contributed by atoms with Crippen molar-refractivity contribution in [2.45, 2.75) is 19.8 Å². The molecule has 1 aliphatic rings. The predicted molar refractivity (Wildman–Crippen MR) is 111 cm³/mol. The van der Waals surface area contributed by atoms with E-state index in [0.29, 0.717) is 11.6 Å². The molecule has 0 bridgehead atoms. The molecule has 2 aromatic rings. The molecular weight excluding hydrogens is 354 g/mol. The Morgan fingerprint density at radius 3 is 2.43 bits per heavy atom. The lowest BCUT2D eigenvalue weighted by Gasteiger charge is -2.36. The summed E-state index contributed by atoms with van der Waals surface area (Å²) in [6.45, 7) is 6.25. The van der Waals surface area contributed by atoms with Gasteiger partial charge in [-0.15, -0.1) is 0 Å². The summed E-state index contributed by atoms with van der Waals surface area (Å²) in [5.41, 5.74) is 1.64. The summed E-state index contributed by atoms with van der Waals surface area (Å²) in [4.78, 5) is 27.7. The van der Waals surface area contributed by atoms with Crippen LogP contribution < -0.4 is 14.5 Å². The average Bonchev–Trinajstić information content (AvgIpc) is 2.77. The molecule has 28 heavy (non-hydrogen) atoms. The number of rotatable bonds is 7. The van der Waals surface area contributed by atoms with E-state index in [9.17, 15) is 4.79 Å². The van der Waals surface area contributed by atoms with Crippen molar-refractivity contribution in [3.63, 3.8) is 0 Å². The molecule has 0 aliphatic carbocycles. The van der Waals surface area contributed by atoms with E-state index in [2.05, 4.69) is 38.8 Å². The molecule has 1 aromatic carbocycles. The van der Waals surface area contributed by atoms with E-state index in [4.69, 9.17) is 4.74 Å². The summed E-state index contributed by atoms with van der Waals surface area (Å²) in [7, 11) is 3.50. The fourth-order valence-electron chi connectivity index (χ4n) is 3.27. The monoisotopic (exact) mass is 383 g/mol. The normalized spacial score (nSPS) is 14.1. The van der Waals surface area contributed by atoms with Crippen LogP contribution in [-0.2, 0) is 0 Å². The first-order valence-electron chi connectivity index (χ1n) is 9.85. The third-order valence-corrected chi connectivity index (χ3v) is 5.06. The first-order valence-corrected chi connectivity index (χ1v) is 9.85. The van der Waals surface area contributed by atoms with Gasteiger partial charge in [-0.1, -0.05) is 13.3 Å². The Kier molecular flexibility index (Phi) is 6.68. The highest BCUT2D eigenvalue weighted by atomic mass is 16.5. The third-order valence-electron chi connectivity index (χ3n) is 5.06. The Balaban J connectivity index is 1.61. The second-order valence-electron chi connectivity index (χ2n) is 6.99. The van der Waals surface area contributed by atoms with Crippen LogP contribution in [-0.4, -0.2) is 67.7 Å². The number of anilines is 2. The summed E-state index contributed by atoms with van der Waals surface area (Å²) < 4.78 is 5.23. The quantitative estimate of drug-likeness (QED) is 0.733. The van der Waals surface area contributed by atoms with Gasteiger partial charge in [0, 0.05) is 51.7 Å². The number of benzene rings is 1. The van der Waals surface area contributed by atoms with Crippen LogP contribution >= 0.6 is 0 Å². The number of piperazine rings is 1. The number of amides is 1. The highest BCUT2D eigenvalue weighted by Gasteiger charge is 2.21. The maximum absolute atomic E-state index is 12.6. The van der Waals surface area contributed by atoms with Gasteiger partial charge < -0.3 is 19.4 Å². The van der Waals surface area contributed by atoms with Crippen molar-refractivity contribution in [2.75, 3.05) is 56.7 Å². The summed E-state index contributed by atoms with van der Waals surface area (Å²) in [6, 6.07) is 9.82. The second kappa shape index (κ2) is 9.39. The third kappa shape index (κ3) is 4.71. The molecule has 7 nitrogen and oxygen atoms in total. The van der Waals surface area contributed by atoms with E-state index in [-0.39, 0.29) is 5.91 Å². The van der Waals surface area contributed by atoms with E-state index in [1.807, 2.05) is 19.2 Å². The molecule has 0 N–H and O–H groups in total. The number of unbranched alkanes of at least 4 members (excludes halogenated alkanes) is 1. The molecule has 0 spiro atoms. The van der Waals surface area contributed by atoms with Crippen LogP contribution in [0.5, 0.6) is 5.75 Å². The zero-order chi connectivity index (χ0) is 19.9. The van der Waals surface area contributed by atoms with Gasteiger partial charge in [-0.3, -0.25) is 4.79 Å². The van der Waals surface area contributed by atoms with Crippen LogP contribution in [0.1, 0.15) is 30.3 Å². The van der Waals surface area contributed by atoms with Crippen molar-refractivity contribution in [2.24, 2.45) is 0 Å². The van der Waals surface area contributed by atoms with E-state index in [1.54, 1.807) is 24.3 Å². The number of hydrogen-bond acceptors (Lipinski definition) is 6. The Morgan fingerprint density at radius 2 is 1.79 bits per heavy atom. The van der Waals surface area contributed by atoms with Crippen LogP contribution in [0.3, 0.4) is 0 Å². The summed E-state index contributed by atoms with van der Waals surface area (Å²) in [6.07, 6.45) is 3.73. The van der Waals surface area contributed by atoms with E-state index in [1.165, 1.54) is 5.69 Å². The minimum absolute atomic E-state index is 0.0473. The molecule has 1 amide bonds. The molecule has 1 aliphatic heterocycles. The number of nitrogens with zero attached hydrogens (tertiary/aromatic N) is 5. The topological polar surface area (TPSA) is 61.8 Å². The highest BCUT2D eigenvalue weighted by molar-refractivity contribution is 5.92. The number of carbonyl (C=O) groups excluding carboxylic acids is 1. The molecule has 7 heteroatoms. The van der Waals surface area contributed by atoms with E-state index < -0.39 is 0 Å². The minimum Gasteiger partial charge on any atom is -0.497 e. The number of carbonyl (C=O) groups is 1. The first-order chi connectivity index (χ1) is 13.6. The lowest BCUT2D eigenvalue weighted by atomic mass is 10.2. The van der Waals surface area contributed by atoms with Crippen molar-refractivity contribution < 1.29 is 9.53 Å². The molecule has 1 aromatic heterocycles. The Bertz CT molecular complexity index is 773. The van der Waals surface area contributed by atoms with Crippen molar-refractivity contribution >= 4 is 17.5 Å². The molecule has 1 saturated heterocycles. The molecule has 0 atom stereocenters. The zero-order valence-corrected chi connectivity index (χ0v) is 17.0. The van der Waals surface area contributed by atoms with Crippen LogP contribution in [0.15, 0.2) is 36.5 Å². The van der Waals surface area contributed by atoms with Gasteiger partial charge in [0.05, 0.1) is 7.11 Å². The fourth-order valence-corrected chi connectivity index (χ4v) is 3.27. The van der Waals surface area contributed by atoms with Gasteiger partial charge in [-0.05, 0) is 36.8 Å². The minimum atomic E-state index is -0.0473. The number of methoxy groups -OCH3 is 1. The van der Waals surface area contributed by atoms with Crippen LogP contribution in [0.25, 0.3) is 0 Å². The van der Waals surface area contributed by atoms with Gasteiger partial charge in [0.2, 0.25) is 5.95 Å². The second-order valence-corrected chi connectivity index (χ2v) is 6.99. The van der Waals surface area contributed by atoms with Crippen molar-refractivity contribution in [3.8, 4) is 5.75 Å². The highest BCUT2D eigenvalue weighted by Crippen LogP contribution is 2.21. The standard InChI is InChI=1S/C21H29N5O2/c1-4-5-12-24(2)20(27)19-10-11-22-21(23-19)26-15-13-25(14-16-26)17-6-8-18(28-3)9-7-17/h6-11H,4-5,12-16H2,1-3H3. The molecular formula is C21H29N5O2. The van der Waals surface area contributed by atoms with Crippen molar-refractivity contribution in [1.82, 2.24) is 14.9 Å². The molecule has 3 rings (SSSR count). The maximum atomic E-state index is 12.6. The van der Waals surface area contributed by atoms with Crippen molar-refractivity contribution in [1.29, 1.82) is 0 Å². The SMILES string of the molecule is CCCCN(C)C(=O)c1ccnc(N2CCN(c3ccc(OC)cc3)CC2)n1. The lowest BCUT2D eigenvalue weighted by Crippen LogP contribution is -2.47. The fraction of sp³-hybridized carbons (Fsp3) is 0.476. The molecule has 150 valence electrons. The van der Waals surface area contributed by atoms with Gasteiger partial charge in [0.15, 0.2) is 0 Å². The van der Waals surface area contributed by atoms with Gasteiger partial charge >= 0.3 is 0 Å². The van der Waals surface area contributed by atoms with Gasteiger partial charge in [-0.25, -0.2) is 9.97 Å². The van der Waals surface area contributed by atoms with Crippen LogP contribution in [0.2, 0.25) is 0 Å². The smallest absolute Gasteiger partial charge is 0.272 e. The Labute approximate surface area is 166 Å². The van der Waals surface area contributed by atoms with Crippen molar-refractivity contribution in [3.05, 3.63) is 42.2 Å². The van der Waals surface area contributed by atoms with Gasteiger partial charge in [0.1, 0.15) is 11.4 Å². The number of hydrogen-bond donors (Lipinski definition) is 0. The van der Waals surface area contributed by atoms with Crippen LogP contribution in [0, 0.1) is 0 Å². The number of ether oxygens (including phenoxy) is 1. The zero-order valence-electron chi connectivity index (χ0n) is 17.0. The Hall–Kier alpha value is -2.83. The maximum Gasteiger partial charge on any atom is 0.272 e. The van der Waals surface area contributed by atoms with E-state index >= 15 is 0 Å². The Morgan fingerprint density at radius 1 is 1.11 bits per heavy atom. The first kappa shape index (κ1) is 19.9. The molecule has 1 fully saturated rings. The lowest BCUT2D eigenvalue weighted by molar-refractivity contribution is 0.0787. The van der Waals surface area contributed by atoms with Gasteiger partial charge in [-0.2, -0.15) is 0 Å². The molecule has 2 heterocycles. The number of aromatic nitrogens is 2. The molecule has 0 unspecified atom stereocenters. The summed E-state index contributed by atoms with van der Waals surface area (Å²) in [5.74, 6) is 1.44. The summed E-state index contributed by atoms with van der Waals surface area (Å²) in [5, 5.41) is 0. The predicted octanol–water partition coefficient (Wildman–Crippen LogP) is 2.68. The largest absolute Gasteiger partial charge is 0.497 e. The summed E-state index contributed by atoms with van der Waals surface area (Å²) >= 11 is 0. The molecule has 0 radical (unpaired) electrons.